The van der Waals surface area contributed by atoms with E-state index in [1.807, 2.05) is 30.6 Å². The van der Waals surface area contributed by atoms with Crippen LogP contribution in [0.2, 0.25) is 0 Å². The van der Waals surface area contributed by atoms with Gasteiger partial charge >= 0.3 is 0 Å². The highest BCUT2D eigenvalue weighted by Gasteiger charge is 2.01. The minimum atomic E-state index is 1.11. The third kappa shape index (κ3) is 1.54. The van der Waals surface area contributed by atoms with E-state index in [4.69, 9.17) is 0 Å². The fraction of sp³-hybridized carbons (Fsp3) is 0. The number of hydrogen-bond donors (Lipinski definition) is 2. The van der Waals surface area contributed by atoms with Gasteiger partial charge in [-0.15, -0.1) is 0 Å². The zero-order chi connectivity index (χ0) is 10.8. The number of nitrogens with one attached hydrogen (secondary N) is 2. The van der Waals surface area contributed by atoms with Gasteiger partial charge in [-0.25, -0.2) is 0 Å². The summed E-state index contributed by atoms with van der Waals surface area (Å²) in [5, 5.41) is 4.50. The number of aromatic amines is 1. The zero-order valence-corrected chi connectivity index (χ0v) is 8.77. The average molecular weight is 208 g/mol. The summed E-state index contributed by atoms with van der Waals surface area (Å²) in [7, 11) is 0. The molecule has 1 aromatic carbocycles. The summed E-state index contributed by atoms with van der Waals surface area (Å²) in [6.07, 6.45) is 12.0. The standard InChI is InChI=1S/C14H12N2/c1-2-4-13(15-8-3-1)12-6-5-11-7-9-16-14(11)10-12/h1-10,15-16H. The molecular weight excluding hydrogens is 196 g/mol. The van der Waals surface area contributed by atoms with E-state index in [-0.39, 0.29) is 0 Å². The second kappa shape index (κ2) is 3.74. The van der Waals surface area contributed by atoms with E-state index in [1.54, 1.807) is 0 Å². The van der Waals surface area contributed by atoms with E-state index in [0.717, 1.165) is 11.2 Å². The van der Waals surface area contributed by atoms with Crippen LogP contribution in [0.4, 0.5) is 0 Å². The summed E-state index contributed by atoms with van der Waals surface area (Å²) in [5.41, 5.74) is 3.46. The van der Waals surface area contributed by atoms with Crippen LogP contribution >= 0.6 is 0 Å². The van der Waals surface area contributed by atoms with Crippen molar-refractivity contribution < 1.29 is 0 Å². The number of allylic oxidation sites excluding steroid dienone is 4. The van der Waals surface area contributed by atoms with Gasteiger partial charge in [0.15, 0.2) is 0 Å². The number of fused-ring (bicyclic) bond motifs is 1. The predicted octanol–water partition coefficient (Wildman–Crippen LogP) is 3.18. The Bertz CT molecular complexity index is 600. The lowest BCUT2D eigenvalue weighted by atomic mass is 10.1. The Morgan fingerprint density at radius 1 is 0.938 bits per heavy atom. The summed E-state index contributed by atoms with van der Waals surface area (Å²) < 4.78 is 0. The lowest BCUT2D eigenvalue weighted by molar-refractivity contribution is 1.22. The molecule has 0 spiro atoms. The van der Waals surface area contributed by atoms with E-state index in [9.17, 15) is 0 Å². The SMILES string of the molecule is C1=CC=C(c2ccc3cc[nH]c3c2)NC=C1. The largest absolute Gasteiger partial charge is 0.361 e. The molecule has 0 amide bonds. The molecule has 2 aromatic rings. The van der Waals surface area contributed by atoms with Crippen LogP contribution in [-0.2, 0) is 0 Å². The molecule has 2 heteroatoms. The monoisotopic (exact) mass is 208 g/mol. The number of aromatic nitrogens is 1. The molecule has 1 aromatic heterocycles. The van der Waals surface area contributed by atoms with Crippen molar-refractivity contribution in [2.24, 2.45) is 0 Å². The van der Waals surface area contributed by atoms with Gasteiger partial charge in [0, 0.05) is 29.2 Å². The van der Waals surface area contributed by atoms with Crippen molar-refractivity contribution >= 4 is 16.6 Å². The second-order valence-corrected chi connectivity index (χ2v) is 3.75. The fourth-order valence-corrected chi connectivity index (χ4v) is 1.85. The maximum atomic E-state index is 3.26. The third-order valence-corrected chi connectivity index (χ3v) is 2.69. The molecule has 2 nitrogen and oxygen atoms in total. The van der Waals surface area contributed by atoms with Gasteiger partial charge in [0.1, 0.15) is 0 Å². The molecule has 0 aliphatic carbocycles. The lowest BCUT2D eigenvalue weighted by Gasteiger charge is -2.06. The first kappa shape index (κ1) is 9.04. The first-order valence-electron chi connectivity index (χ1n) is 5.31. The summed E-state index contributed by atoms with van der Waals surface area (Å²) >= 11 is 0. The number of hydrogen-bond acceptors (Lipinski definition) is 1. The topological polar surface area (TPSA) is 27.8 Å². The van der Waals surface area contributed by atoms with Crippen molar-refractivity contribution in [3.05, 3.63) is 66.5 Å². The van der Waals surface area contributed by atoms with Gasteiger partial charge < -0.3 is 10.3 Å². The summed E-state index contributed by atoms with van der Waals surface area (Å²) in [6, 6.07) is 8.49. The minimum Gasteiger partial charge on any atom is -0.361 e. The van der Waals surface area contributed by atoms with E-state index in [2.05, 4.69) is 40.6 Å². The Kier molecular flexibility index (Phi) is 2.11. The molecule has 3 rings (SSSR count). The van der Waals surface area contributed by atoms with Crippen molar-refractivity contribution in [3.8, 4) is 0 Å². The second-order valence-electron chi connectivity index (χ2n) is 3.75. The molecule has 1 aliphatic rings. The molecule has 16 heavy (non-hydrogen) atoms. The van der Waals surface area contributed by atoms with Gasteiger partial charge in [-0.3, -0.25) is 0 Å². The van der Waals surface area contributed by atoms with E-state index in [1.165, 1.54) is 10.9 Å². The maximum absolute atomic E-state index is 3.26. The van der Waals surface area contributed by atoms with E-state index in [0.29, 0.717) is 0 Å². The molecule has 0 atom stereocenters. The summed E-state index contributed by atoms with van der Waals surface area (Å²) in [6.45, 7) is 0. The van der Waals surface area contributed by atoms with Crippen molar-refractivity contribution in [2.45, 2.75) is 0 Å². The Hall–Kier alpha value is -2.22. The summed E-state index contributed by atoms with van der Waals surface area (Å²) in [4.78, 5) is 3.22. The Morgan fingerprint density at radius 3 is 2.94 bits per heavy atom. The van der Waals surface area contributed by atoms with E-state index < -0.39 is 0 Å². The van der Waals surface area contributed by atoms with E-state index >= 15 is 0 Å². The average Bonchev–Trinajstić information content (AvgIpc) is 2.61. The van der Waals surface area contributed by atoms with Gasteiger partial charge in [0.05, 0.1) is 0 Å². The van der Waals surface area contributed by atoms with Gasteiger partial charge in [0.25, 0.3) is 0 Å². The highest BCUT2D eigenvalue weighted by Crippen LogP contribution is 2.19. The highest BCUT2D eigenvalue weighted by atomic mass is 14.8. The zero-order valence-electron chi connectivity index (χ0n) is 8.77. The lowest BCUT2D eigenvalue weighted by Crippen LogP contribution is -2.02. The maximum Gasteiger partial charge on any atom is 0.0460 e. The first-order chi connectivity index (χ1) is 7.93. The molecule has 0 saturated heterocycles. The number of H-pyrrole nitrogens is 1. The highest BCUT2D eigenvalue weighted by molar-refractivity contribution is 5.83. The molecule has 2 heterocycles. The van der Waals surface area contributed by atoms with Crippen LogP contribution in [0.3, 0.4) is 0 Å². The number of rotatable bonds is 1. The van der Waals surface area contributed by atoms with Crippen LogP contribution in [0.1, 0.15) is 5.56 Å². The van der Waals surface area contributed by atoms with Crippen LogP contribution in [0.15, 0.2) is 61.0 Å². The van der Waals surface area contributed by atoms with Gasteiger partial charge in [0.2, 0.25) is 0 Å². The van der Waals surface area contributed by atoms with Crippen LogP contribution in [0.25, 0.3) is 16.6 Å². The molecule has 0 radical (unpaired) electrons. The Labute approximate surface area is 94.0 Å². The molecule has 0 bridgehead atoms. The fourth-order valence-electron chi connectivity index (χ4n) is 1.85. The van der Waals surface area contributed by atoms with Crippen LogP contribution in [0.5, 0.6) is 0 Å². The molecular formula is C14H12N2. The molecule has 78 valence electrons. The molecule has 0 fully saturated rings. The van der Waals surface area contributed by atoms with Crippen molar-refractivity contribution in [1.82, 2.24) is 10.3 Å². The molecule has 0 saturated carbocycles. The number of benzene rings is 1. The Balaban J connectivity index is 2.08. The molecule has 1 aliphatic heterocycles. The summed E-state index contributed by atoms with van der Waals surface area (Å²) in [5.74, 6) is 0. The van der Waals surface area contributed by atoms with Gasteiger partial charge in [-0.05, 0) is 29.7 Å². The van der Waals surface area contributed by atoms with Crippen molar-refractivity contribution in [1.29, 1.82) is 0 Å². The quantitative estimate of drug-likeness (QED) is 0.740. The predicted molar refractivity (Wildman–Crippen MR) is 67.7 cm³/mol. The van der Waals surface area contributed by atoms with Crippen LogP contribution < -0.4 is 5.32 Å². The van der Waals surface area contributed by atoms with Crippen molar-refractivity contribution in [3.63, 3.8) is 0 Å². The minimum absolute atomic E-state index is 1.11. The van der Waals surface area contributed by atoms with Crippen molar-refractivity contribution in [2.75, 3.05) is 0 Å². The molecule has 2 N–H and O–H groups in total. The first-order valence-corrected chi connectivity index (χ1v) is 5.31. The smallest absolute Gasteiger partial charge is 0.0460 e. The Morgan fingerprint density at radius 2 is 1.94 bits per heavy atom. The van der Waals surface area contributed by atoms with Gasteiger partial charge in [-0.1, -0.05) is 24.3 Å². The van der Waals surface area contributed by atoms with Gasteiger partial charge in [-0.2, -0.15) is 0 Å². The normalized spacial score (nSPS) is 14.6. The van der Waals surface area contributed by atoms with Crippen LogP contribution in [-0.4, -0.2) is 4.98 Å². The third-order valence-electron chi connectivity index (χ3n) is 2.69. The molecule has 0 unspecified atom stereocenters. The van der Waals surface area contributed by atoms with Crippen LogP contribution in [0, 0.1) is 0 Å².